The number of hydrogen-bond donors (Lipinski definition) is 0. The maximum absolute atomic E-state index is 11.5. The Hall–Kier alpha value is -1.11. The van der Waals surface area contributed by atoms with Crippen LogP contribution in [0.25, 0.3) is 0 Å². The molecular formula is C27H42O. The van der Waals surface area contributed by atoms with Crippen molar-refractivity contribution in [3.8, 4) is 0 Å². The first kappa shape index (κ1) is 21.6. The topological polar surface area (TPSA) is 17.1 Å². The van der Waals surface area contributed by atoms with Crippen molar-refractivity contribution in [2.45, 2.75) is 112 Å². The molecule has 28 heavy (non-hydrogen) atoms. The molecule has 0 aromatic heterocycles. The van der Waals surface area contributed by atoms with Crippen LogP contribution in [0.2, 0.25) is 0 Å². The molecule has 1 aromatic rings. The number of hydrogen-bond acceptors (Lipinski definition) is 1. The summed E-state index contributed by atoms with van der Waals surface area (Å²) in [7, 11) is 0. The van der Waals surface area contributed by atoms with E-state index in [2.05, 4.69) is 34.6 Å². The van der Waals surface area contributed by atoms with Crippen molar-refractivity contribution in [1.82, 2.24) is 0 Å². The van der Waals surface area contributed by atoms with Gasteiger partial charge in [0.2, 0.25) is 0 Å². The lowest BCUT2D eigenvalue weighted by atomic mass is 9.78. The molecule has 1 aromatic carbocycles. The number of Topliss-reactive ketones (excluding diaryl/α,β-unsaturated/α-hetero) is 1. The van der Waals surface area contributed by atoms with Gasteiger partial charge in [-0.05, 0) is 117 Å². The standard InChI is InChI=1S/C27H42O/c1-18-6-8-23(9-7-18)12-16-26-19(2)21(4)27(22(5)20(26)3)17-13-24-10-14-25(28)15-11-24/h18,23-24H,6-17H2,1-5H3. The Morgan fingerprint density at radius 3 is 1.46 bits per heavy atom. The summed E-state index contributed by atoms with van der Waals surface area (Å²) in [4.78, 5) is 11.5. The van der Waals surface area contributed by atoms with E-state index in [1.165, 1.54) is 51.4 Å². The van der Waals surface area contributed by atoms with Gasteiger partial charge in [0.1, 0.15) is 5.78 Å². The van der Waals surface area contributed by atoms with Crippen LogP contribution in [-0.2, 0) is 17.6 Å². The molecule has 0 amide bonds. The van der Waals surface area contributed by atoms with Gasteiger partial charge in [-0.2, -0.15) is 0 Å². The van der Waals surface area contributed by atoms with Crippen LogP contribution in [-0.4, -0.2) is 5.78 Å². The first-order chi connectivity index (χ1) is 13.4. The summed E-state index contributed by atoms with van der Waals surface area (Å²) >= 11 is 0. The Kier molecular flexibility index (Phi) is 7.40. The van der Waals surface area contributed by atoms with E-state index >= 15 is 0 Å². The van der Waals surface area contributed by atoms with Crippen LogP contribution < -0.4 is 0 Å². The fraction of sp³-hybridized carbons (Fsp3) is 0.741. The number of ketones is 1. The fourth-order valence-electron chi connectivity index (χ4n) is 5.82. The number of carbonyl (C=O) groups excluding carboxylic acids is 1. The molecule has 1 heteroatoms. The summed E-state index contributed by atoms with van der Waals surface area (Å²) in [6.45, 7) is 11.9. The largest absolute Gasteiger partial charge is 0.300 e. The monoisotopic (exact) mass is 382 g/mol. The highest BCUT2D eigenvalue weighted by Gasteiger charge is 2.22. The van der Waals surface area contributed by atoms with E-state index in [4.69, 9.17) is 0 Å². The van der Waals surface area contributed by atoms with E-state index < -0.39 is 0 Å². The quantitative estimate of drug-likeness (QED) is 0.502. The SMILES string of the molecule is Cc1c(C)c(CCC2CCC(C)CC2)c(C)c(C)c1CCC1CCC(=O)CC1. The second-order valence-corrected chi connectivity index (χ2v) is 10.1. The van der Waals surface area contributed by atoms with Gasteiger partial charge in [0.25, 0.3) is 0 Å². The van der Waals surface area contributed by atoms with Crippen molar-refractivity contribution in [3.05, 3.63) is 33.4 Å². The third-order valence-electron chi connectivity index (χ3n) is 8.34. The van der Waals surface area contributed by atoms with E-state index in [9.17, 15) is 4.79 Å². The Morgan fingerprint density at radius 1 is 0.643 bits per heavy atom. The molecule has 0 atom stereocenters. The minimum absolute atomic E-state index is 0.479. The molecule has 0 unspecified atom stereocenters. The second-order valence-electron chi connectivity index (χ2n) is 10.1. The third kappa shape index (κ3) is 5.08. The van der Waals surface area contributed by atoms with Crippen LogP contribution in [0.3, 0.4) is 0 Å². The minimum Gasteiger partial charge on any atom is -0.300 e. The molecule has 1 nitrogen and oxygen atoms in total. The Balaban J connectivity index is 1.65. The predicted molar refractivity (Wildman–Crippen MR) is 120 cm³/mol. The maximum atomic E-state index is 11.5. The molecule has 2 fully saturated rings. The molecule has 2 aliphatic rings. The van der Waals surface area contributed by atoms with Gasteiger partial charge in [0, 0.05) is 12.8 Å². The molecule has 0 bridgehead atoms. The van der Waals surface area contributed by atoms with Crippen LogP contribution in [0.5, 0.6) is 0 Å². The predicted octanol–water partition coefficient (Wildman–Crippen LogP) is 7.37. The summed E-state index contributed by atoms with van der Waals surface area (Å²) in [5, 5.41) is 0. The average molecular weight is 383 g/mol. The van der Waals surface area contributed by atoms with Gasteiger partial charge in [0.15, 0.2) is 0 Å². The molecule has 3 rings (SSSR count). The van der Waals surface area contributed by atoms with Crippen molar-refractivity contribution in [3.63, 3.8) is 0 Å². The lowest BCUT2D eigenvalue weighted by Crippen LogP contribution is -2.16. The number of carbonyl (C=O) groups is 1. The van der Waals surface area contributed by atoms with E-state index in [1.54, 1.807) is 33.4 Å². The van der Waals surface area contributed by atoms with Gasteiger partial charge in [-0.1, -0.05) is 32.6 Å². The lowest BCUT2D eigenvalue weighted by molar-refractivity contribution is -0.121. The summed E-state index contributed by atoms with van der Waals surface area (Å²) in [5.41, 5.74) is 9.44. The molecule has 2 saturated carbocycles. The molecule has 0 saturated heterocycles. The maximum Gasteiger partial charge on any atom is 0.132 e. The fourth-order valence-corrected chi connectivity index (χ4v) is 5.82. The van der Waals surface area contributed by atoms with Gasteiger partial charge < -0.3 is 0 Å². The van der Waals surface area contributed by atoms with Crippen LogP contribution in [0.15, 0.2) is 0 Å². The Morgan fingerprint density at radius 2 is 1.04 bits per heavy atom. The number of rotatable bonds is 6. The van der Waals surface area contributed by atoms with E-state index in [0.717, 1.165) is 43.4 Å². The number of benzene rings is 1. The van der Waals surface area contributed by atoms with Crippen molar-refractivity contribution < 1.29 is 4.79 Å². The average Bonchev–Trinajstić information content (AvgIpc) is 2.69. The molecule has 0 N–H and O–H groups in total. The summed E-state index contributed by atoms with van der Waals surface area (Å²) in [5.74, 6) is 3.13. The highest BCUT2D eigenvalue weighted by Crippen LogP contribution is 2.35. The smallest absolute Gasteiger partial charge is 0.132 e. The molecule has 0 radical (unpaired) electrons. The highest BCUT2D eigenvalue weighted by molar-refractivity contribution is 5.79. The minimum atomic E-state index is 0.479. The summed E-state index contributed by atoms with van der Waals surface area (Å²) < 4.78 is 0. The zero-order valence-electron chi connectivity index (χ0n) is 19.1. The van der Waals surface area contributed by atoms with Gasteiger partial charge in [0.05, 0.1) is 0 Å². The Labute approximate surface area is 173 Å². The van der Waals surface area contributed by atoms with Crippen molar-refractivity contribution >= 4 is 5.78 Å². The molecule has 0 heterocycles. The first-order valence-electron chi connectivity index (χ1n) is 12.0. The van der Waals surface area contributed by atoms with Gasteiger partial charge in [-0.3, -0.25) is 4.79 Å². The summed E-state index contributed by atoms with van der Waals surface area (Å²) in [6, 6.07) is 0. The van der Waals surface area contributed by atoms with Gasteiger partial charge in [-0.25, -0.2) is 0 Å². The van der Waals surface area contributed by atoms with Crippen molar-refractivity contribution in [2.24, 2.45) is 17.8 Å². The zero-order valence-corrected chi connectivity index (χ0v) is 19.1. The van der Waals surface area contributed by atoms with Crippen LogP contribution in [0.4, 0.5) is 0 Å². The van der Waals surface area contributed by atoms with E-state index in [1.807, 2.05) is 0 Å². The van der Waals surface area contributed by atoms with Crippen LogP contribution in [0.1, 0.15) is 105 Å². The highest BCUT2D eigenvalue weighted by atomic mass is 16.1. The van der Waals surface area contributed by atoms with Gasteiger partial charge >= 0.3 is 0 Å². The Bertz CT molecular complexity index is 652. The van der Waals surface area contributed by atoms with Crippen LogP contribution in [0, 0.1) is 45.4 Å². The second kappa shape index (κ2) is 9.59. The normalized spacial score (nSPS) is 24.0. The third-order valence-corrected chi connectivity index (χ3v) is 8.34. The molecule has 0 aliphatic heterocycles. The van der Waals surface area contributed by atoms with E-state index in [-0.39, 0.29) is 0 Å². The molecule has 2 aliphatic carbocycles. The van der Waals surface area contributed by atoms with Crippen LogP contribution >= 0.6 is 0 Å². The lowest BCUT2D eigenvalue weighted by Gasteiger charge is -2.27. The zero-order chi connectivity index (χ0) is 20.3. The molecule has 0 spiro atoms. The van der Waals surface area contributed by atoms with Crippen molar-refractivity contribution in [1.29, 1.82) is 0 Å². The van der Waals surface area contributed by atoms with Gasteiger partial charge in [-0.15, -0.1) is 0 Å². The molecular weight excluding hydrogens is 340 g/mol. The van der Waals surface area contributed by atoms with E-state index in [0.29, 0.717) is 5.78 Å². The first-order valence-corrected chi connectivity index (χ1v) is 12.0. The summed E-state index contributed by atoms with van der Waals surface area (Å²) in [6.07, 6.45) is 14.7. The van der Waals surface area contributed by atoms with Crippen molar-refractivity contribution in [2.75, 3.05) is 0 Å². The molecule has 156 valence electrons.